The van der Waals surface area contributed by atoms with Crippen molar-refractivity contribution in [3.05, 3.63) is 37.1 Å². The number of hydrogen-bond donors (Lipinski definition) is 0. The lowest BCUT2D eigenvalue weighted by molar-refractivity contribution is -0.387. The fourth-order valence-corrected chi connectivity index (χ4v) is 1.53. The lowest BCUT2D eigenvalue weighted by atomic mass is 9.92. The van der Waals surface area contributed by atoms with Crippen molar-refractivity contribution in [2.45, 2.75) is 26.3 Å². The summed E-state index contributed by atoms with van der Waals surface area (Å²) in [7, 11) is 0. The quantitative estimate of drug-likeness (QED) is 0.451. The van der Waals surface area contributed by atoms with Gasteiger partial charge in [-0.05, 0) is 6.42 Å². The average molecular weight is 280 g/mol. The number of hydrogen-bond acceptors (Lipinski definition) is 4. The van der Waals surface area contributed by atoms with Crippen LogP contribution in [0, 0.1) is 10.1 Å². The average Bonchev–Trinajstić information content (AvgIpc) is 2.26. The highest BCUT2D eigenvalue weighted by atomic mass is 19.4. The van der Waals surface area contributed by atoms with Crippen molar-refractivity contribution in [1.29, 1.82) is 0 Å². The van der Waals surface area contributed by atoms with Crippen LogP contribution in [0.4, 0.5) is 18.6 Å². The van der Waals surface area contributed by atoms with E-state index in [1.807, 2.05) is 0 Å². The highest BCUT2D eigenvalue weighted by molar-refractivity contribution is 6.57. The van der Waals surface area contributed by atoms with Crippen LogP contribution in [-0.2, 0) is 13.0 Å². The number of nitro groups is 1. The summed E-state index contributed by atoms with van der Waals surface area (Å²) < 4.78 is 37.6. The van der Waals surface area contributed by atoms with Gasteiger partial charge in [0.1, 0.15) is 0 Å². The molecule has 7 nitrogen and oxygen atoms in total. The SMILES string of the molecule is CCCn1cc([N+](=O)[O-])c(=O)n(C[B-](F)(F)F)c1=O. The van der Waals surface area contributed by atoms with E-state index in [2.05, 4.69) is 0 Å². The number of aryl methyl sites for hydroxylation is 1. The Balaban J connectivity index is 3.55. The van der Waals surface area contributed by atoms with Gasteiger partial charge in [-0.2, -0.15) is 0 Å². The smallest absolute Gasteiger partial charge is 0.448 e. The summed E-state index contributed by atoms with van der Waals surface area (Å²) in [6, 6.07) is 0. The Bertz CT molecular complexity index is 607. The maximum absolute atomic E-state index is 12.3. The molecule has 19 heavy (non-hydrogen) atoms. The van der Waals surface area contributed by atoms with Gasteiger partial charge < -0.3 is 12.9 Å². The molecule has 11 heteroatoms. The molecule has 1 rings (SSSR count). The van der Waals surface area contributed by atoms with Crippen molar-refractivity contribution in [3.8, 4) is 0 Å². The van der Waals surface area contributed by atoms with Crippen LogP contribution in [0.1, 0.15) is 13.3 Å². The Labute approximate surface area is 104 Å². The molecule has 0 amide bonds. The number of halogens is 3. The van der Waals surface area contributed by atoms with Gasteiger partial charge in [-0.25, -0.2) is 4.79 Å². The van der Waals surface area contributed by atoms with Crippen LogP contribution in [0.15, 0.2) is 15.8 Å². The van der Waals surface area contributed by atoms with Crippen molar-refractivity contribution in [2.24, 2.45) is 0 Å². The zero-order valence-electron chi connectivity index (χ0n) is 9.88. The molecule has 1 heterocycles. The van der Waals surface area contributed by atoms with Gasteiger partial charge in [0.25, 0.3) is 0 Å². The normalized spacial score (nSPS) is 11.6. The molecule has 0 saturated carbocycles. The minimum Gasteiger partial charge on any atom is -0.448 e. The van der Waals surface area contributed by atoms with Crippen LogP contribution in [-0.4, -0.2) is 21.0 Å². The molecule has 0 atom stereocenters. The van der Waals surface area contributed by atoms with Crippen LogP contribution < -0.4 is 11.2 Å². The highest BCUT2D eigenvalue weighted by Gasteiger charge is 2.28. The van der Waals surface area contributed by atoms with E-state index >= 15 is 0 Å². The summed E-state index contributed by atoms with van der Waals surface area (Å²) in [4.78, 5) is 32.6. The molecule has 0 saturated heterocycles. The summed E-state index contributed by atoms with van der Waals surface area (Å²) >= 11 is 0. The van der Waals surface area contributed by atoms with Crippen molar-refractivity contribution in [1.82, 2.24) is 9.13 Å². The molecule has 0 aliphatic heterocycles. The lowest BCUT2D eigenvalue weighted by Crippen LogP contribution is -2.45. The van der Waals surface area contributed by atoms with Crippen LogP contribution in [0.2, 0.25) is 0 Å². The van der Waals surface area contributed by atoms with Gasteiger partial charge in [0.15, 0.2) is 0 Å². The predicted molar refractivity (Wildman–Crippen MR) is 61.0 cm³/mol. The molecule has 0 unspecified atom stereocenters. The van der Waals surface area contributed by atoms with Crippen molar-refractivity contribution in [3.63, 3.8) is 0 Å². The van der Waals surface area contributed by atoms with Crippen molar-refractivity contribution >= 4 is 12.7 Å². The second-order valence-corrected chi connectivity index (χ2v) is 3.87. The Hall–Kier alpha value is -2.07. The number of aromatic nitrogens is 2. The first-order valence-electron chi connectivity index (χ1n) is 5.37. The maximum atomic E-state index is 12.3. The molecule has 106 valence electrons. The molecule has 0 bridgehead atoms. The van der Waals surface area contributed by atoms with Crippen LogP contribution in [0.25, 0.3) is 0 Å². The fourth-order valence-electron chi connectivity index (χ4n) is 1.53. The van der Waals surface area contributed by atoms with E-state index in [1.165, 1.54) is 0 Å². The van der Waals surface area contributed by atoms with E-state index < -0.39 is 35.3 Å². The molecule has 0 fully saturated rings. The van der Waals surface area contributed by atoms with E-state index in [1.54, 1.807) is 6.92 Å². The van der Waals surface area contributed by atoms with Crippen LogP contribution in [0.3, 0.4) is 0 Å². The van der Waals surface area contributed by atoms with E-state index in [-0.39, 0.29) is 11.1 Å². The number of nitrogens with zero attached hydrogens (tertiary/aromatic N) is 3. The summed E-state index contributed by atoms with van der Waals surface area (Å²) in [6.07, 6.45) is -0.733. The Morgan fingerprint density at radius 2 is 1.95 bits per heavy atom. The summed E-state index contributed by atoms with van der Waals surface area (Å²) in [5, 5.41) is 10.6. The summed E-state index contributed by atoms with van der Waals surface area (Å²) in [5.74, 6) is 0. The largest absolute Gasteiger partial charge is 0.497 e. The van der Waals surface area contributed by atoms with E-state index in [0.717, 1.165) is 4.57 Å². The first-order valence-corrected chi connectivity index (χ1v) is 5.37. The lowest BCUT2D eigenvalue weighted by Gasteiger charge is -2.16. The fraction of sp³-hybridized carbons (Fsp3) is 0.500. The highest BCUT2D eigenvalue weighted by Crippen LogP contribution is 2.10. The van der Waals surface area contributed by atoms with Crippen LogP contribution >= 0.6 is 0 Å². The van der Waals surface area contributed by atoms with Crippen molar-refractivity contribution in [2.75, 3.05) is 0 Å². The van der Waals surface area contributed by atoms with Gasteiger partial charge in [-0.1, -0.05) is 6.92 Å². The second kappa shape index (κ2) is 5.28. The standard InChI is InChI=1S/C8H10BF3N3O4/c1-2-3-13-4-6(15(18)19)7(16)14(8(13)17)5-9(10,11)12/h4H,2-3,5H2,1H3/q-1. The third-order valence-corrected chi connectivity index (χ3v) is 2.27. The third-order valence-electron chi connectivity index (χ3n) is 2.27. The summed E-state index contributed by atoms with van der Waals surface area (Å²) in [6.45, 7) is -3.83. The second-order valence-electron chi connectivity index (χ2n) is 3.87. The molecule has 0 aliphatic carbocycles. The molecular formula is C8H10BF3N3O4-. The Kier molecular flexibility index (Phi) is 4.17. The zero-order chi connectivity index (χ0) is 14.8. The first-order chi connectivity index (χ1) is 8.67. The Morgan fingerprint density at radius 1 is 1.37 bits per heavy atom. The van der Waals surface area contributed by atoms with Gasteiger partial charge in [0, 0.05) is 13.0 Å². The monoisotopic (exact) mass is 280 g/mol. The van der Waals surface area contributed by atoms with Gasteiger partial charge >= 0.3 is 23.9 Å². The van der Waals surface area contributed by atoms with E-state index in [0.29, 0.717) is 12.6 Å². The number of rotatable bonds is 5. The van der Waals surface area contributed by atoms with Gasteiger partial charge in [0.2, 0.25) is 0 Å². The van der Waals surface area contributed by atoms with Crippen LogP contribution in [0.5, 0.6) is 0 Å². The predicted octanol–water partition coefficient (Wildman–Crippen LogP) is 0.715. The van der Waals surface area contributed by atoms with Crippen molar-refractivity contribution < 1.29 is 17.9 Å². The topological polar surface area (TPSA) is 87.1 Å². The summed E-state index contributed by atoms with van der Waals surface area (Å²) in [5.41, 5.74) is -3.79. The van der Waals surface area contributed by atoms with Gasteiger partial charge in [0.05, 0.1) is 11.1 Å². The molecule has 0 aromatic carbocycles. The third kappa shape index (κ3) is 3.45. The molecule has 1 aromatic rings. The van der Waals surface area contributed by atoms with E-state index in [9.17, 15) is 32.7 Å². The minimum atomic E-state index is -5.46. The van der Waals surface area contributed by atoms with Gasteiger partial charge in [-0.3, -0.25) is 24.0 Å². The zero-order valence-corrected chi connectivity index (χ0v) is 9.88. The Morgan fingerprint density at radius 3 is 2.37 bits per heavy atom. The molecule has 0 N–H and O–H groups in total. The van der Waals surface area contributed by atoms with E-state index in [4.69, 9.17) is 0 Å². The minimum absolute atomic E-state index is 0.00912. The molecule has 0 radical (unpaired) electrons. The maximum Gasteiger partial charge on any atom is 0.497 e. The molecule has 0 spiro atoms. The first kappa shape index (κ1) is 15.0. The molecular weight excluding hydrogens is 270 g/mol. The molecule has 1 aromatic heterocycles. The molecule has 0 aliphatic rings. The van der Waals surface area contributed by atoms with Gasteiger partial charge in [-0.15, -0.1) is 0 Å².